The van der Waals surface area contributed by atoms with Crippen LogP contribution in [0.1, 0.15) is 22.8 Å². The summed E-state index contributed by atoms with van der Waals surface area (Å²) in [6, 6.07) is 9.23. The minimum atomic E-state index is -0.587. The number of ketones is 1. The summed E-state index contributed by atoms with van der Waals surface area (Å²) in [5.74, 6) is -0.727. The highest BCUT2D eigenvalue weighted by Gasteiger charge is 2.09. The van der Waals surface area contributed by atoms with Crippen molar-refractivity contribution in [3.05, 3.63) is 63.4 Å². The molecule has 5 heteroatoms. The molecule has 0 fully saturated rings. The first-order valence-electron chi connectivity index (χ1n) is 5.85. The Morgan fingerprint density at radius 2 is 2.00 bits per heavy atom. The third-order valence-electron chi connectivity index (χ3n) is 2.75. The fourth-order valence-corrected chi connectivity index (χ4v) is 2.03. The van der Waals surface area contributed by atoms with E-state index >= 15 is 0 Å². The molecule has 0 saturated heterocycles. The predicted molar refractivity (Wildman–Crippen MR) is 77.2 cm³/mol. The molecule has 0 aliphatic rings. The summed E-state index contributed by atoms with van der Waals surface area (Å²) >= 11 is 11.9. The molecular weight excluding hydrogens is 302 g/mol. The van der Waals surface area contributed by atoms with Crippen LogP contribution in [0.3, 0.4) is 0 Å². The second kappa shape index (κ2) is 6.25. The summed E-state index contributed by atoms with van der Waals surface area (Å²) in [4.78, 5) is 11.1. The summed E-state index contributed by atoms with van der Waals surface area (Å²) in [7, 11) is 0. The number of rotatable bonds is 4. The number of carbonyl (C=O) groups excluding carboxylic acids is 1. The van der Waals surface area contributed by atoms with E-state index in [1.165, 1.54) is 19.1 Å². The number of carbonyl (C=O) groups is 1. The van der Waals surface area contributed by atoms with E-state index in [0.29, 0.717) is 21.2 Å². The number of hydrogen-bond donors (Lipinski definition) is 0. The van der Waals surface area contributed by atoms with Gasteiger partial charge in [-0.05, 0) is 31.2 Å². The highest BCUT2D eigenvalue weighted by Crippen LogP contribution is 2.27. The zero-order valence-electron chi connectivity index (χ0n) is 10.6. The van der Waals surface area contributed by atoms with E-state index in [2.05, 4.69) is 0 Å². The topological polar surface area (TPSA) is 26.3 Å². The van der Waals surface area contributed by atoms with Crippen molar-refractivity contribution in [1.29, 1.82) is 0 Å². The zero-order valence-corrected chi connectivity index (χ0v) is 12.1. The van der Waals surface area contributed by atoms with E-state index in [1.54, 1.807) is 18.2 Å². The van der Waals surface area contributed by atoms with Gasteiger partial charge in [0.25, 0.3) is 0 Å². The second-order valence-corrected chi connectivity index (χ2v) is 4.99. The van der Waals surface area contributed by atoms with E-state index in [4.69, 9.17) is 27.9 Å². The molecule has 0 heterocycles. The molecule has 0 aliphatic carbocycles. The standard InChI is InChI=1S/C15H11Cl2FO2/c1-9(19)10-5-6-14(13(18)7-10)20-8-11-3-2-4-12(16)15(11)17/h2-7H,8H2,1H3. The number of benzene rings is 2. The molecule has 0 amide bonds. The van der Waals surface area contributed by atoms with Crippen molar-refractivity contribution in [2.45, 2.75) is 13.5 Å². The van der Waals surface area contributed by atoms with E-state index in [0.717, 1.165) is 6.07 Å². The first-order chi connectivity index (χ1) is 9.49. The van der Waals surface area contributed by atoms with Crippen LogP contribution in [0.2, 0.25) is 10.0 Å². The molecule has 0 radical (unpaired) electrons. The van der Waals surface area contributed by atoms with Crippen LogP contribution in [-0.2, 0) is 6.61 Å². The molecular formula is C15H11Cl2FO2. The van der Waals surface area contributed by atoms with Crippen LogP contribution in [0, 0.1) is 5.82 Å². The first kappa shape index (κ1) is 14.8. The van der Waals surface area contributed by atoms with Gasteiger partial charge in [0, 0.05) is 11.1 Å². The number of Topliss-reactive ketones (excluding diaryl/α,β-unsaturated/α-hetero) is 1. The molecule has 2 aromatic carbocycles. The number of hydrogen-bond acceptors (Lipinski definition) is 2. The highest BCUT2D eigenvalue weighted by molar-refractivity contribution is 6.42. The Labute approximate surface area is 126 Å². The lowest BCUT2D eigenvalue weighted by Gasteiger charge is -2.10. The molecule has 0 atom stereocenters. The van der Waals surface area contributed by atoms with Crippen LogP contribution in [0.15, 0.2) is 36.4 Å². The van der Waals surface area contributed by atoms with Gasteiger partial charge in [0.15, 0.2) is 17.3 Å². The van der Waals surface area contributed by atoms with Crippen molar-refractivity contribution in [2.24, 2.45) is 0 Å². The predicted octanol–water partition coefficient (Wildman–Crippen LogP) is 4.91. The van der Waals surface area contributed by atoms with Gasteiger partial charge in [-0.3, -0.25) is 4.79 Å². The van der Waals surface area contributed by atoms with Crippen molar-refractivity contribution in [3.63, 3.8) is 0 Å². The van der Waals surface area contributed by atoms with Gasteiger partial charge in [0.05, 0.1) is 10.0 Å². The van der Waals surface area contributed by atoms with Gasteiger partial charge < -0.3 is 4.74 Å². The SMILES string of the molecule is CC(=O)c1ccc(OCc2cccc(Cl)c2Cl)c(F)c1. The van der Waals surface area contributed by atoms with Crippen molar-refractivity contribution in [3.8, 4) is 5.75 Å². The van der Waals surface area contributed by atoms with Gasteiger partial charge in [-0.1, -0.05) is 35.3 Å². The Kier molecular flexibility index (Phi) is 4.63. The van der Waals surface area contributed by atoms with E-state index in [9.17, 15) is 9.18 Å². The summed E-state index contributed by atoms with van der Waals surface area (Å²) in [5.41, 5.74) is 0.963. The van der Waals surface area contributed by atoms with Crippen molar-refractivity contribution in [2.75, 3.05) is 0 Å². The first-order valence-corrected chi connectivity index (χ1v) is 6.61. The average molecular weight is 313 g/mol. The normalized spacial score (nSPS) is 10.4. The molecule has 2 nitrogen and oxygen atoms in total. The van der Waals surface area contributed by atoms with Crippen LogP contribution < -0.4 is 4.74 Å². The number of ether oxygens (including phenoxy) is 1. The van der Waals surface area contributed by atoms with E-state index in [-0.39, 0.29) is 18.1 Å². The smallest absolute Gasteiger partial charge is 0.165 e. The molecule has 0 aromatic heterocycles. The third kappa shape index (κ3) is 3.30. The molecule has 104 valence electrons. The fourth-order valence-electron chi connectivity index (χ4n) is 1.65. The molecule has 0 unspecified atom stereocenters. The maximum Gasteiger partial charge on any atom is 0.165 e. The van der Waals surface area contributed by atoms with Crippen molar-refractivity contribution < 1.29 is 13.9 Å². The Morgan fingerprint density at radius 1 is 1.25 bits per heavy atom. The zero-order chi connectivity index (χ0) is 14.7. The van der Waals surface area contributed by atoms with Crippen LogP contribution >= 0.6 is 23.2 Å². The van der Waals surface area contributed by atoms with Crippen LogP contribution in [0.25, 0.3) is 0 Å². The molecule has 2 rings (SSSR count). The van der Waals surface area contributed by atoms with Crippen LogP contribution in [0.5, 0.6) is 5.75 Å². The summed E-state index contributed by atoms with van der Waals surface area (Å²) < 4.78 is 19.1. The largest absolute Gasteiger partial charge is 0.486 e. The van der Waals surface area contributed by atoms with Gasteiger partial charge in [0.2, 0.25) is 0 Å². The fraction of sp³-hybridized carbons (Fsp3) is 0.133. The van der Waals surface area contributed by atoms with Gasteiger partial charge in [-0.2, -0.15) is 0 Å². The Bertz CT molecular complexity index is 656. The molecule has 0 saturated carbocycles. The monoisotopic (exact) mass is 312 g/mol. The lowest BCUT2D eigenvalue weighted by Crippen LogP contribution is -2.00. The molecule has 2 aromatic rings. The third-order valence-corrected chi connectivity index (χ3v) is 3.61. The van der Waals surface area contributed by atoms with Crippen LogP contribution in [0.4, 0.5) is 4.39 Å². The van der Waals surface area contributed by atoms with Gasteiger partial charge in [-0.15, -0.1) is 0 Å². The summed E-state index contributed by atoms with van der Waals surface area (Å²) in [6.45, 7) is 1.47. The van der Waals surface area contributed by atoms with Gasteiger partial charge >= 0.3 is 0 Å². The lowest BCUT2D eigenvalue weighted by atomic mass is 10.1. The van der Waals surface area contributed by atoms with Gasteiger partial charge in [-0.25, -0.2) is 4.39 Å². The van der Waals surface area contributed by atoms with Crippen LogP contribution in [-0.4, -0.2) is 5.78 Å². The lowest BCUT2D eigenvalue weighted by molar-refractivity contribution is 0.101. The van der Waals surface area contributed by atoms with Crippen molar-refractivity contribution in [1.82, 2.24) is 0 Å². The summed E-state index contributed by atoms with van der Waals surface area (Å²) in [6.07, 6.45) is 0. The van der Waals surface area contributed by atoms with E-state index in [1.807, 2.05) is 0 Å². The number of halogens is 3. The second-order valence-electron chi connectivity index (χ2n) is 4.20. The van der Waals surface area contributed by atoms with Crippen molar-refractivity contribution >= 4 is 29.0 Å². The Morgan fingerprint density at radius 3 is 2.65 bits per heavy atom. The molecule has 0 bridgehead atoms. The molecule has 20 heavy (non-hydrogen) atoms. The minimum absolute atomic E-state index is 0.0612. The quantitative estimate of drug-likeness (QED) is 0.749. The van der Waals surface area contributed by atoms with Gasteiger partial charge in [0.1, 0.15) is 6.61 Å². The van der Waals surface area contributed by atoms with E-state index < -0.39 is 5.82 Å². The average Bonchev–Trinajstić information content (AvgIpc) is 2.41. The molecule has 0 spiro atoms. The Hall–Kier alpha value is -1.58. The minimum Gasteiger partial charge on any atom is -0.486 e. The molecule has 0 N–H and O–H groups in total. The Balaban J connectivity index is 2.15. The highest BCUT2D eigenvalue weighted by atomic mass is 35.5. The maximum atomic E-state index is 13.8. The maximum absolute atomic E-state index is 13.8. The summed E-state index contributed by atoms with van der Waals surface area (Å²) in [5, 5.41) is 0.801. The molecule has 0 aliphatic heterocycles.